The summed E-state index contributed by atoms with van der Waals surface area (Å²) in [4.78, 5) is 14.0. The third-order valence-corrected chi connectivity index (χ3v) is 3.63. The van der Waals surface area contributed by atoms with Crippen molar-refractivity contribution in [3.8, 4) is 0 Å². The van der Waals surface area contributed by atoms with Crippen molar-refractivity contribution in [1.29, 1.82) is 0 Å². The highest BCUT2D eigenvalue weighted by atomic mass is 16.6. The van der Waals surface area contributed by atoms with E-state index in [1.807, 2.05) is 27.8 Å². The summed E-state index contributed by atoms with van der Waals surface area (Å²) >= 11 is 0. The van der Waals surface area contributed by atoms with E-state index in [2.05, 4.69) is 19.2 Å². The molecule has 0 aromatic rings. The lowest BCUT2D eigenvalue weighted by Crippen LogP contribution is -2.50. The summed E-state index contributed by atoms with van der Waals surface area (Å²) in [6, 6.07) is 0.239. The number of carbonyl (C=O) groups excluding carboxylic acids is 1. The predicted molar refractivity (Wildman–Crippen MR) is 78.2 cm³/mol. The van der Waals surface area contributed by atoms with Crippen LogP contribution in [0.4, 0.5) is 4.79 Å². The van der Waals surface area contributed by atoms with Crippen LogP contribution in [0.15, 0.2) is 0 Å². The molecule has 0 aromatic heterocycles. The summed E-state index contributed by atoms with van der Waals surface area (Å²) in [6.07, 6.45) is 2.16. The number of rotatable bonds is 3. The number of hydrogen-bond donors (Lipinski definition) is 1. The third kappa shape index (κ3) is 5.01. The van der Waals surface area contributed by atoms with Gasteiger partial charge in [-0.25, -0.2) is 4.79 Å². The molecule has 1 rings (SSSR count). The number of nitrogens with one attached hydrogen (secondary N) is 1. The molecule has 1 heterocycles. The zero-order valence-corrected chi connectivity index (χ0v) is 13.3. The smallest absolute Gasteiger partial charge is 0.410 e. The van der Waals surface area contributed by atoms with Gasteiger partial charge in [-0.3, -0.25) is 0 Å². The van der Waals surface area contributed by atoms with Gasteiger partial charge in [0.2, 0.25) is 0 Å². The molecular formula is C15H30N2O2. The van der Waals surface area contributed by atoms with Crippen molar-refractivity contribution in [3.63, 3.8) is 0 Å². The van der Waals surface area contributed by atoms with Crippen molar-refractivity contribution < 1.29 is 9.53 Å². The molecule has 0 bridgehead atoms. The molecule has 2 atom stereocenters. The monoisotopic (exact) mass is 270 g/mol. The van der Waals surface area contributed by atoms with Gasteiger partial charge in [-0.1, -0.05) is 13.8 Å². The first-order valence-electron chi connectivity index (χ1n) is 7.39. The minimum absolute atomic E-state index is 0.211. The molecular weight excluding hydrogens is 240 g/mol. The van der Waals surface area contributed by atoms with Crippen LogP contribution < -0.4 is 5.32 Å². The van der Waals surface area contributed by atoms with Gasteiger partial charge in [-0.05, 0) is 58.5 Å². The molecule has 4 heteroatoms. The summed E-state index contributed by atoms with van der Waals surface area (Å²) in [5.74, 6) is 0.952. The van der Waals surface area contributed by atoms with E-state index in [-0.39, 0.29) is 12.1 Å². The average Bonchev–Trinajstić information content (AvgIpc) is 2.27. The molecule has 0 unspecified atom stereocenters. The Balaban J connectivity index is 2.72. The molecule has 1 aliphatic rings. The fraction of sp³-hybridized carbons (Fsp3) is 0.933. The minimum Gasteiger partial charge on any atom is -0.444 e. The lowest BCUT2D eigenvalue weighted by molar-refractivity contribution is 0.00824. The number of ether oxygens (including phenoxy) is 1. The summed E-state index contributed by atoms with van der Waals surface area (Å²) in [7, 11) is 1.87. The van der Waals surface area contributed by atoms with Gasteiger partial charge >= 0.3 is 6.09 Å². The van der Waals surface area contributed by atoms with Crippen LogP contribution in [-0.4, -0.2) is 42.8 Å². The Morgan fingerprint density at radius 1 is 1.37 bits per heavy atom. The van der Waals surface area contributed by atoms with E-state index in [1.54, 1.807) is 4.90 Å². The molecule has 1 saturated heterocycles. The molecule has 4 nitrogen and oxygen atoms in total. The van der Waals surface area contributed by atoms with Gasteiger partial charge in [0, 0.05) is 13.1 Å². The summed E-state index contributed by atoms with van der Waals surface area (Å²) < 4.78 is 5.49. The van der Waals surface area contributed by atoms with Crippen molar-refractivity contribution in [2.75, 3.05) is 20.1 Å². The van der Waals surface area contributed by atoms with Crippen LogP contribution >= 0.6 is 0 Å². The van der Waals surface area contributed by atoms with Crippen LogP contribution in [0.3, 0.4) is 0 Å². The summed E-state index contributed by atoms with van der Waals surface area (Å²) in [6.45, 7) is 12.2. The lowest BCUT2D eigenvalue weighted by atomic mass is 9.84. The topological polar surface area (TPSA) is 41.6 Å². The number of nitrogens with zero attached hydrogens (tertiary/aromatic N) is 1. The second kappa shape index (κ2) is 6.60. The van der Waals surface area contributed by atoms with E-state index >= 15 is 0 Å². The average molecular weight is 270 g/mol. The molecule has 1 fully saturated rings. The molecule has 0 aromatic carbocycles. The SMILES string of the molecule is CC(C)[C@H]([C@H]1CCCNC1)N(C)C(=O)OC(C)(C)C. The fourth-order valence-electron chi connectivity index (χ4n) is 2.93. The van der Waals surface area contributed by atoms with E-state index in [4.69, 9.17) is 4.74 Å². The molecule has 0 saturated carbocycles. The molecule has 0 aliphatic carbocycles. The van der Waals surface area contributed by atoms with Crippen molar-refractivity contribution in [2.45, 2.75) is 59.1 Å². The largest absolute Gasteiger partial charge is 0.444 e. The first-order chi connectivity index (χ1) is 8.72. The molecule has 1 amide bonds. The molecule has 0 radical (unpaired) electrons. The standard InChI is InChI=1S/C15H30N2O2/c1-11(2)13(12-8-7-9-16-10-12)17(6)14(18)19-15(3,4)5/h11-13,16H,7-10H2,1-6H3/t12-,13+/m0/s1. The molecule has 1 N–H and O–H groups in total. The van der Waals surface area contributed by atoms with Gasteiger partial charge in [0.05, 0.1) is 0 Å². The van der Waals surface area contributed by atoms with E-state index in [1.165, 1.54) is 12.8 Å². The number of hydrogen-bond acceptors (Lipinski definition) is 3. The maximum atomic E-state index is 12.2. The van der Waals surface area contributed by atoms with Gasteiger partial charge in [-0.15, -0.1) is 0 Å². The minimum atomic E-state index is -0.433. The first-order valence-corrected chi connectivity index (χ1v) is 7.39. The second-order valence-electron chi connectivity index (χ2n) is 6.93. The molecule has 0 spiro atoms. The van der Waals surface area contributed by atoms with Crippen molar-refractivity contribution >= 4 is 6.09 Å². The van der Waals surface area contributed by atoms with Gasteiger partial charge in [-0.2, -0.15) is 0 Å². The summed E-state index contributed by atoms with van der Waals surface area (Å²) in [5.41, 5.74) is -0.433. The van der Waals surface area contributed by atoms with Gasteiger partial charge in [0.25, 0.3) is 0 Å². The molecule has 1 aliphatic heterocycles. The second-order valence-corrected chi connectivity index (χ2v) is 6.93. The van der Waals surface area contributed by atoms with Crippen LogP contribution in [0.5, 0.6) is 0 Å². The zero-order chi connectivity index (χ0) is 14.6. The quantitative estimate of drug-likeness (QED) is 0.857. The van der Waals surface area contributed by atoms with E-state index in [0.29, 0.717) is 11.8 Å². The Labute approximate surface area is 117 Å². The molecule has 112 valence electrons. The number of carbonyl (C=O) groups is 1. The highest BCUT2D eigenvalue weighted by molar-refractivity contribution is 5.68. The Kier molecular flexibility index (Phi) is 5.65. The number of amides is 1. The van der Waals surface area contributed by atoms with Crippen LogP contribution in [0, 0.1) is 11.8 Å². The Morgan fingerprint density at radius 3 is 2.42 bits per heavy atom. The highest BCUT2D eigenvalue weighted by Crippen LogP contribution is 2.25. The van der Waals surface area contributed by atoms with Crippen LogP contribution in [0.2, 0.25) is 0 Å². The van der Waals surface area contributed by atoms with Crippen LogP contribution in [-0.2, 0) is 4.74 Å². The summed E-state index contributed by atoms with van der Waals surface area (Å²) in [5, 5.41) is 3.43. The Hall–Kier alpha value is -0.770. The maximum Gasteiger partial charge on any atom is 0.410 e. The van der Waals surface area contributed by atoms with Gasteiger partial charge in [0.1, 0.15) is 5.60 Å². The fourth-order valence-corrected chi connectivity index (χ4v) is 2.93. The van der Waals surface area contributed by atoms with Crippen LogP contribution in [0.25, 0.3) is 0 Å². The van der Waals surface area contributed by atoms with Crippen molar-refractivity contribution in [3.05, 3.63) is 0 Å². The zero-order valence-electron chi connectivity index (χ0n) is 13.3. The Bertz CT molecular complexity index is 291. The third-order valence-electron chi connectivity index (χ3n) is 3.63. The van der Waals surface area contributed by atoms with Gasteiger partial charge in [0.15, 0.2) is 0 Å². The molecule has 19 heavy (non-hydrogen) atoms. The van der Waals surface area contributed by atoms with E-state index in [0.717, 1.165) is 13.1 Å². The van der Waals surface area contributed by atoms with Crippen molar-refractivity contribution in [2.24, 2.45) is 11.8 Å². The normalized spacial score (nSPS) is 22.2. The van der Waals surface area contributed by atoms with Gasteiger partial charge < -0.3 is 15.0 Å². The van der Waals surface area contributed by atoms with Crippen molar-refractivity contribution in [1.82, 2.24) is 10.2 Å². The van der Waals surface area contributed by atoms with E-state index in [9.17, 15) is 4.79 Å². The van der Waals surface area contributed by atoms with E-state index < -0.39 is 5.60 Å². The highest BCUT2D eigenvalue weighted by Gasteiger charge is 2.33. The number of piperidine rings is 1. The first kappa shape index (κ1) is 16.3. The predicted octanol–water partition coefficient (Wildman–Crippen LogP) is 2.88. The van der Waals surface area contributed by atoms with Crippen LogP contribution in [0.1, 0.15) is 47.5 Å². The maximum absolute atomic E-state index is 12.2. The lowest BCUT2D eigenvalue weighted by Gasteiger charge is -2.39. The Morgan fingerprint density at radius 2 is 2.00 bits per heavy atom.